The molecule has 0 aromatic heterocycles. The van der Waals surface area contributed by atoms with Crippen molar-refractivity contribution in [1.82, 2.24) is 5.32 Å². The Labute approximate surface area is 321 Å². The zero-order valence-electron chi connectivity index (χ0n) is 35.4. The standard InChI is InChI=1S/C48H93NO2/c1-5-7-9-11-13-15-17-19-21-23-25-27-29-31-33-35-37-39-41-43-46(49-48(51)45(3)4)47(50)44-42-40-38-36-34-32-30-28-26-24-22-20-18-16-14-12-10-8-6-2/h46H,3,5-44H2,1-2,4H3,(H,49,51). The van der Waals surface area contributed by atoms with Crippen molar-refractivity contribution in [3.8, 4) is 0 Å². The molecule has 0 heterocycles. The number of carbonyl (C=O) groups is 2. The van der Waals surface area contributed by atoms with Gasteiger partial charge >= 0.3 is 0 Å². The van der Waals surface area contributed by atoms with Crippen molar-refractivity contribution in [3.05, 3.63) is 12.2 Å². The summed E-state index contributed by atoms with van der Waals surface area (Å²) < 4.78 is 0. The Kier molecular flexibility index (Phi) is 40.7. The van der Waals surface area contributed by atoms with E-state index in [0.717, 1.165) is 32.1 Å². The highest BCUT2D eigenvalue weighted by Crippen LogP contribution is 2.18. The van der Waals surface area contributed by atoms with Gasteiger partial charge in [0.15, 0.2) is 5.78 Å². The maximum Gasteiger partial charge on any atom is 0.246 e. The average Bonchev–Trinajstić information content (AvgIpc) is 3.12. The van der Waals surface area contributed by atoms with Crippen LogP contribution in [0.25, 0.3) is 0 Å². The Balaban J connectivity index is 3.73. The number of hydrogen-bond donors (Lipinski definition) is 1. The Bertz CT molecular complexity index is 746. The quantitative estimate of drug-likeness (QED) is 0.0505. The molecule has 0 aromatic rings. The lowest BCUT2D eigenvalue weighted by atomic mass is 9.98. The number of amides is 1. The Morgan fingerprint density at radius 1 is 0.392 bits per heavy atom. The largest absolute Gasteiger partial charge is 0.343 e. The van der Waals surface area contributed by atoms with E-state index in [1.807, 2.05) is 0 Å². The number of rotatable bonds is 43. The molecule has 0 aromatic carbocycles. The maximum absolute atomic E-state index is 13.1. The Morgan fingerprint density at radius 2 is 0.627 bits per heavy atom. The van der Waals surface area contributed by atoms with Gasteiger partial charge in [-0.15, -0.1) is 0 Å². The van der Waals surface area contributed by atoms with Gasteiger partial charge < -0.3 is 5.32 Å². The van der Waals surface area contributed by atoms with Crippen LogP contribution in [0.4, 0.5) is 0 Å². The molecule has 0 rings (SSSR count). The molecule has 1 atom stereocenters. The number of ketones is 1. The lowest BCUT2D eigenvalue weighted by molar-refractivity contribution is -0.126. The summed E-state index contributed by atoms with van der Waals surface area (Å²) in [6, 6.07) is -0.337. The van der Waals surface area contributed by atoms with E-state index >= 15 is 0 Å². The highest BCUT2D eigenvalue weighted by molar-refractivity contribution is 5.96. The normalized spacial score (nSPS) is 12.0. The van der Waals surface area contributed by atoms with E-state index in [9.17, 15) is 9.59 Å². The number of hydrogen-bond acceptors (Lipinski definition) is 2. The lowest BCUT2D eigenvalue weighted by Gasteiger charge is -2.18. The smallest absolute Gasteiger partial charge is 0.246 e. The first-order chi connectivity index (χ1) is 25.0. The van der Waals surface area contributed by atoms with Crippen molar-refractivity contribution in [2.24, 2.45) is 0 Å². The predicted octanol–water partition coefficient (Wildman–Crippen LogP) is 16.3. The Morgan fingerprint density at radius 3 is 0.882 bits per heavy atom. The molecule has 0 bridgehead atoms. The van der Waals surface area contributed by atoms with Crippen LogP contribution in [0.5, 0.6) is 0 Å². The van der Waals surface area contributed by atoms with Crippen molar-refractivity contribution in [1.29, 1.82) is 0 Å². The third-order valence-corrected chi connectivity index (χ3v) is 11.2. The summed E-state index contributed by atoms with van der Waals surface area (Å²) in [6.07, 6.45) is 53.1. The maximum atomic E-state index is 13.1. The van der Waals surface area contributed by atoms with Crippen molar-refractivity contribution in [3.63, 3.8) is 0 Å². The average molecular weight is 716 g/mol. The van der Waals surface area contributed by atoms with Gasteiger partial charge in [-0.25, -0.2) is 0 Å². The number of unbranched alkanes of at least 4 members (excludes halogenated alkanes) is 36. The molecule has 0 aliphatic heterocycles. The van der Waals surface area contributed by atoms with E-state index in [0.29, 0.717) is 12.0 Å². The van der Waals surface area contributed by atoms with Crippen LogP contribution >= 0.6 is 0 Å². The fourth-order valence-corrected chi connectivity index (χ4v) is 7.57. The van der Waals surface area contributed by atoms with Crippen LogP contribution in [0, 0.1) is 0 Å². The third kappa shape index (κ3) is 38.4. The molecule has 0 radical (unpaired) electrons. The first-order valence-electron chi connectivity index (χ1n) is 23.5. The molecule has 0 spiro atoms. The minimum atomic E-state index is -0.337. The monoisotopic (exact) mass is 716 g/mol. The minimum Gasteiger partial charge on any atom is -0.343 e. The van der Waals surface area contributed by atoms with Crippen LogP contribution in [-0.4, -0.2) is 17.7 Å². The van der Waals surface area contributed by atoms with Gasteiger partial charge in [0.05, 0.1) is 6.04 Å². The van der Waals surface area contributed by atoms with Crippen LogP contribution in [0.3, 0.4) is 0 Å². The fourth-order valence-electron chi connectivity index (χ4n) is 7.57. The molecule has 0 aliphatic rings. The van der Waals surface area contributed by atoms with E-state index in [2.05, 4.69) is 25.7 Å². The van der Waals surface area contributed by atoms with Crippen molar-refractivity contribution in [2.75, 3.05) is 0 Å². The van der Waals surface area contributed by atoms with Crippen LogP contribution in [0.2, 0.25) is 0 Å². The van der Waals surface area contributed by atoms with Crippen LogP contribution in [0.15, 0.2) is 12.2 Å². The summed E-state index contributed by atoms with van der Waals surface area (Å²) in [5, 5.41) is 3.00. The molecule has 1 N–H and O–H groups in total. The zero-order valence-corrected chi connectivity index (χ0v) is 35.4. The minimum absolute atomic E-state index is 0.167. The van der Waals surface area contributed by atoms with Gasteiger partial charge in [-0.1, -0.05) is 258 Å². The van der Waals surface area contributed by atoms with Gasteiger partial charge in [-0.2, -0.15) is 0 Å². The van der Waals surface area contributed by atoms with Gasteiger partial charge in [0, 0.05) is 12.0 Å². The van der Waals surface area contributed by atoms with Crippen molar-refractivity contribution in [2.45, 2.75) is 284 Å². The second-order valence-corrected chi connectivity index (χ2v) is 16.5. The third-order valence-electron chi connectivity index (χ3n) is 11.2. The molecule has 0 aliphatic carbocycles. The molecule has 0 saturated heterocycles. The molecular weight excluding hydrogens is 623 g/mol. The molecule has 302 valence electrons. The van der Waals surface area contributed by atoms with Gasteiger partial charge in [0.1, 0.15) is 0 Å². The van der Waals surface area contributed by atoms with E-state index in [1.54, 1.807) is 6.92 Å². The summed E-state index contributed by atoms with van der Waals surface area (Å²) in [7, 11) is 0. The molecule has 51 heavy (non-hydrogen) atoms. The lowest BCUT2D eigenvalue weighted by Crippen LogP contribution is -2.41. The number of carbonyl (C=O) groups excluding carboxylic acids is 2. The number of nitrogens with one attached hydrogen (secondary N) is 1. The molecule has 3 nitrogen and oxygen atoms in total. The van der Waals surface area contributed by atoms with Gasteiger partial charge in [0.2, 0.25) is 5.91 Å². The zero-order chi connectivity index (χ0) is 37.3. The Hall–Kier alpha value is -1.12. The molecule has 0 saturated carbocycles. The first-order valence-corrected chi connectivity index (χ1v) is 23.5. The highest BCUT2D eigenvalue weighted by Gasteiger charge is 2.20. The van der Waals surface area contributed by atoms with Gasteiger partial charge in [-0.05, 0) is 19.8 Å². The summed E-state index contributed by atoms with van der Waals surface area (Å²) in [4.78, 5) is 25.4. The molecule has 3 heteroatoms. The second-order valence-electron chi connectivity index (χ2n) is 16.5. The molecule has 1 amide bonds. The van der Waals surface area contributed by atoms with E-state index in [4.69, 9.17) is 0 Å². The summed E-state index contributed by atoms with van der Waals surface area (Å²) in [5.41, 5.74) is 0.490. The van der Waals surface area contributed by atoms with E-state index in [-0.39, 0.29) is 17.7 Å². The SMILES string of the molecule is C=C(C)C(=O)NC(CCCCCCCCCCCCCCCCCCCCC)C(=O)CCCCCCCCCCCCCCCCCCCCC. The summed E-state index contributed by atoms with van der Waals surface area (Å²) in [5.74, 6) is 0.0540. The topological polar surface area (TPSA) is 46.2 Å². The van der Waals surface area contributed by atoms with Crippen LogP contribution in [-0.2, 0) is 9.59 Å². The molecular formula is C48H93NO2. The molecule has 0 fully saturated rings. The van der Waals surface area contributed by atoms with E-state index < -0.39 is 0 Å². The second kappa shape index (κ2) is 41.6. The van der Waals surface area contributed by atoms with Crippen LogP contribution < -0.4 is 5.32 Å². The first kappa shape index (κ1) is 49.9. The predicted molar refractivity (Wildman–Crippen MR) is 228 cm³/mol. The van der Waals surface area contributed by atoms with E-state index in [1.165, 1.54) is 218 Å². The van der Waals surface area contributed by atoms with Gasteiger partial charge in [-0.3, -0.25) is 9.59 Å². The highest BCUT2D eigenvalue weighted by atomic mass is 16.2. The molecule has 1 unspecified atom stereocenters. The van der Waals surface area contributed by atoms with Crippen molar-refractivity contribution < 1.29 is 9.59 Å². The summed E-state index contributed by atoms with van der Waals surface area (Å²) in [6.45, 7) is 10.1. The summed E-state index contributed by atoms with van der Waals surface area (Å²) >= 11 is 0. The van der Waals surface area contributed by atoms with Crippen LogP contribution in [0.1, 0.15) is 278 Å². The van der Waals surface area contributed by atoms with Gasteiger partial charge in [0.25, 0.3) is 0 Å². The van der Waals surface area contributed by atoms with Crippen molar-refractivity contribution >= 4 is 11.7 Å². The number of Topliss-reactive ketones (excluding diaryl/α,β-unsaturated/α-hetero) is 1. The fraction of sp³-hybridized carbons (Fsp3) is 0.917.